The van der Waals surface area contributed by atoms with Crippen LogP contribution in [0.25, 0.3) is 0 Å². The van der Waals surface area contributed by atoms with E-state index >= 15 is 0 Å². The molecule has 4 rings (SSSR count). The van der Waals surface area contributed by atoms with Gasteiger partial charge >= 0.3 is 0 Å². The van der Waals surface area contributed by atoms with Gasteiger partial charge in [0.25, 0.3) is 5.91 Å². The standard InChI is InChI=1S/C18H16BrNO3/c19-14-4-2-1-3-13(14)17(21)20-18(7-8-18)12-5-6-15-16(11-12)23-10-9-22-15/h1-6,11H,7-10H2,(H,20,21). The number of carbonyl (C=O) groups excluding carboxylic acids is 1. The van der Waals surface area contributed by atoms with Crippen molar-refractivity contribution < 1.29 is 14.3 Å². The molecule has 2 aromatic rings. The molecule has 0 bridgehead atoms. The van der Waals surface area contributed by atoms with E-state index in [1.165, 1.54) is 0 Å². The molecule has 1 N–H and O–H groups in total. The van der Waals surface area contributed by atoms with Crippen molar-refractivity contribution >= 4 is 21.8 Å². The third-order valence-electron chi connectivity index (χ3n) is 4.32. The first kappa shape index (κ1) is 14.6. The fourth-order valence-electron chi connectivity index (χ4n) is 2.88. The van der Waals surface area contributed by atoms with E-state index in [-0.39, 0.29) is 11.4 Å². The van der Waals surface area contributed by atoms with Crippen LogP contribution in [0.15, 0.2) is 46.9 Å². The van der Waals surface area contributed by atoms with Crippen molar-refractivity contribution in [3.8, 4) is 11.5 Å². The second kappa shape index (κ2) is 5.57. The van der Waals surface area contributed by atoms with Crippen LogP contribution in [0.3, 0.4) is 0 Å². The first-order valence-electron chi connectivity index (χ1n) is 7.65. The summed E-state index contributed by atoms with van der Waals surface area (Å²) in [4.78, 5) is 12.6. The highest BCUT2D eigenvalue weighted by atomic mass is 79.9. The Morgan fingerprint density at radius 2 is 1.78 bits per heavy atom. The molecule has 1 heterocycles. The van der Waals surface area contributed by atoms with Crippen LogP contribution in [0.1, 0.15) is 28.8 Å². The van der Waals surface area contributed by atoms with Crippen LogP contribution in [0, 0.1) is 0 Å². The third kappa shape index (κ3) is 2.70. The molecule has 1 saturated carbocycles. The third-order valence-corrected chi connectivity index (χ3v) is 5.01. The maximum absolute atomic E-state index is 12.6. The lowest BCUT2D eigenvalue weighted by Gasteiger charge is -2.23. The van der Waals surface area contributed by atoms with Gasteiger partial charge in [-0.3, -0.25) is 4.79 Å². The average molecular weight is 374 g/mol. The molecular weight excluding hydrogens is 358 g/mol. The Labute approximate surface area is 142 Å². The van der Waals surface area contributed by atoms with Gasteiger partial charge in [-0.2, -0.15) is 0 Å². The van der Waals surface area contributed by atoms with E-state index in [1.54, 1.807) is 0 Å². The van der Waals surface area contributed by atoms with Crippen LogP contribution in [-0.2, 0) is 5.54 Å². The second-order valence-electron chi connectivity index (χ2n) is 5.87. The SMILES string of the molecule is O=C(NC1(c2ccc3c(c2)OCCO3)CC1)c1ccccc1Br. The Morgan fingerprint density at radius 3 is 2.52 bits per heavy atom. The Balaban J connectivity index is 1.59. The molecule has 1 aliphatic heterocycles. The maximum atomic E-state index is 12.6. The van der Waals surface area contributed by atoms with Gasteiger partial charge in [0.2, 0.25) is 0 Å². The first-order chi connectivity index (χ1) is 11.2. The largest absolute Gasteiger partial charge is 0.486 e. The zero-order valence-electron chi connectivity index (χ0n) is 12.5. The highest BCUT2D eigenvalue weighted by Gasteiger charge is 2.46. The number of hydrogen-bond donors (Lipinski definition) is 1. The first-order valence-corrected chi connectivity index (χ1v) is 8.44. The van der Waals surface area contributed by atoms with E-state index in [9.17, 15) is 4.79 Å². The Bertz CT molecular complexity index is 771. The summed E-state index contributed by atoms with van der Waals surface area (Å²) in [5.41, 5.74) is 1.43. The van der Waals surface area contributed by atoms with Crippen molar-refractivity contribution in [3.05, 3.63) is 58.1 Å². The summed E-state index contributed by atoms with van der Waals surface area (Å²) in [5.74, 6) is 1.47. The van der Waals surface area contributed by atoms with Crippen molar-refractivity contribution in [1.29, 1.82) is 0 Å². The van der Waals surface area contributed by atoms with Crippen LogP contribution in [0.5, 0.6) is 11.5 Å². The minimum absolute atomic E-state index is 0.0649. The van der Waals surface area contributed by atoms with Crippen LogP contribution in [0.4, 0.5) is 0 Å². The molecular formula is C18H16BrNO3. The van der Waals surface area contributed by atoms with Gasteiger partial charge in [-0.25, -0.2) is 0 Å². The lowest BCUT2D eigenvalue weighted by Crippen LogP contribution is -2.35. The number of fused-ring (bicyclic) bond motifs is 1. The minimum Gasteiger partial charge on any atom is -0.486 e. The summed E-state index contributed by atoms with van der Waals surface area (Å²) in [6, 6.07) is 13.4. The van der Waals surface area contributed by atoms with Gasteiger partial charge in [0.1, 0.15) is 13.2 Å². The van der Waals surface area contributed by atoms with Crippen molar-refractivity contribution in [1.82, 2.24) is 5.32 Å². The average Bonchev–Trinajstić information content (AvgIpc) is 3.35. The van der Waals surface area contributed by atoms with E-state index in [2.05, 4.69) is 21.2 Å². The van der Waals surface area contributed by atoms with Gasteiger partial charge in [-0.05, 0) is 58.6 Å². The second-order valence-corrected chi connectivity index (χ2v) is 6.73. The molecule has 0 aromatic heterocycles. The van der Waals surface area contributed by atoms with Gasteiger partial charge in [0.15, 0.2) is 11.5 Å². The Hall–Kier alpha value is -2.01. The summed E-state index contributed by atoms with van der Waals surface area (Å²) >= 11 is 3.43. The number of hydrogen-bond acceptors (Lipinski definition) is 3. The summed E-state index contributed by atoms with van der Waals surface area (Å²) in [6.07, 6.45) is 1.87. The van der Waals surface area contributed by atoms with Gasteiger partial charge < -0.3 is 14.8 Å². The molecule has 4 nitrogen and oxygen atoms in total. The van der Waals surface area contributed by atoms with Crippen molar-refractivity contribution in [2.75, 3.05) is 13.2 Å². The van der Waals surface area contributed by atoms with Crippen molar-refractivity contribution in [2.24, 2.45) is 0 Å². The molecule has 1 amide bonds. The number of carbonyl (C=O) groups is 1. The minimum atomic E-state index is -0.289. The molecule has 0 spiro atoms. The topological polar surface area (TPSA) is 47.6 Å². The molecule has 0 saturated heterocycles. The molecule has 5 heteroatoms. The summed E-state index contributed by atoms with van der Waals surface area (Å²) in [6.45, 7) is 1.14. The van der Waals surface area contributed by atoms with Gasteiger partial charge in [0, 0.05) is 4.47 Å². The molecule has 2 aliphatic rings. The monoisotopic (exact) mass is 373 g/mol. The van der Waals surface area contributed by atoms with Gasteiger partial charge in [-0.1, -0.05) is 18.2 Å². The fraction of sp³-hybridized carbons (Fsp3) is 0.278. The molecule has 0 atom stereocenters. The molecule has 1 fully saturated rings. The summed E-state index contributed by atoms with van der Waals surface area (Å²) < 4.78 is 12.0. The Morgan fingerprint density at radius 1 is 1.04 bits per heavy atom. The van der Waals surface area contributed by atoms with Crippen LogP contribution < -0.4 is 14.8 Å². The molecule has 23 heavy (non-hydrogen) atoms. The van der Waals surface area contributed by atoms with Gasteiger partial charge in [-0.15, -0.1) is 0 Å². The maximum Gasteiger partial charge on any atom is 0.253 e. The van der Waals surface area contributed by atoms with Crippen molar-refractivity contribution in [2.45, 2.75) is 18.4 Å². The highest BCUT2D eigenvalue weighted by molar-refractivity contribution is 9.10. The predicted octanol–water partition coefficient (Wildman–Crippen LogP) is 3.64. The highest BCUT2D eigenvalue weighted by Crippen LogP contribution is 2.48. The number of halogens is 1. The molecule has 118 valence electrons. The fourth-order valence-corrected chi connectivity index (χ4v) is 3.35. The van der Waals surface area contributed by atoms with E-state index in [1.807, 2.05) is 42.5 Å². The van der Waals surface area contributed by atoms with E-state index in [4.69, 9.17) is 9.47 Å². The van der Waals surface area contributed by atoms with Crippen LogP contribution in [-0.4, -0.2) is 19.1 Å². The number of ether oxygens (including phenoxy) is 2. The molecule has 0 radical (unpaired) electrons. The molecule has 2 aromatic carbocycles. The molecule has 1 aliphatic carbocycles. The quantitative estimate of drug-likeness (QED) is 0.893. The zero-order valence-corrected chi connectivity index (χ0v) is 14.1. The summed E-state index contributed by atoms with van der Waals surface area (Å²) in [5, 5.41) is 3.18. The van der Waals surface area contributed by atoms with Crippen LogP contribution in [0.2, 0.25) is 0 Å². The number of nitrogens with one attached hydrogen (secondary N) is 1. The lowest BCUT2D eigenvalue weighted by atomic mass is 10.0. The normalized spacial score (nSPS) is 17.4. The van der Waals surface area contributed by atoms with Gasteiger partial charge in [0.05, 0.1) is 11.1 Å². The van der Waals surface area contributed by atoms with Crippen LogP contribution >= 0.6 is 15.9 Å². The van der Waals surface area contributed by atoms with E-state index < -0.39 is 0 Å². The summed E-state index contributed by atoms with van der Waals surface area (Å²) in [7, 11) is 0. The molecule has 0 unspecified atom stereocenters. The number of amides is 1. The van der Waals surface area contributed by atoms with E-state index in [0.29, 0.717) is 18.8 Å². The predicted molar refractivity (Wildman–Crippen MR) is 90.0 cm³/mol. The van der Waals surface area contributed by atoms with Crippen molar-refractivity contribution in [3.63, 3.8) is 0 Å². The van der Waals surface area contributed by atoms with E-state index in [0.717, 1.165) is 34.4 Å². The number of benzene rings is 2. The zero-order chi connectivity index (χ0) is 15.9. The Kier molecular flexibility index (Phi) is 3.53. The smallest absolute Gasteiger partial charge is 0.253 e. The number of rotatable bonds is 3. The lowest BCUT2D eigenvalue weighted by molar-refractivity contribution is 0.0930.